The molecule has 10 heteroatoms. The highest BCUT2D eigenvalue weighted by Crippen LogP contribution is 2.40. The van der Waals surface area contributed by atoms with Crippen molar-refractivity contribution in [2.45, 2.75) is 30.8 Å². The van der Waals surface area contributed by atoms with E-state index in [9.17, 15) is 18.0 Å². The average Bonchev–Trinajstić information content (AvgIpc) is 3.21. The van der Waals surface area contributed by atoms with Gasteiger partial charge in [0, 0.05) is 39.2 Å². The van der Waals surface area contributed by atoms with Crippen LogP contribution in [0.1, 0.15) is 35.0 Å². The van der Waals surface area contributed by atoms with E-state index in [4.69, 9.17) is 4.52 Å². The molecule has 9 nitrogen and oxygen atoms in total. The number of nitrogens with zero attached hydrogens (tertiary/aromatic N) is 4. The van der Waals surface area contributed by atoms with Crippen molar-refractivity contribution in [3.63, 3.8) is 0 Å². The first-order chi connectivity index (χ1) is 12.3. The normalized spacial score (nSPS) is 27.3. The topological polar surface area (TPSA) is 104 Å². The number of carbonyl (C=O) groups excluding carboxylic acids is 2. The van der Waals surface area contributed by atoms with Gasteiger partial charge in [0.15, 0.2) is 15.5 Å². The minimum absolute atomic E-state index is 0.118. The standard InChI is InChI=1S/C16H22N4O5S/c1-18(2)16(22)20-6-5-19(12-8-26(23,24)9-13(12)20)15(21)11-7-14(25-17-11)10-3-4-10/h7,10,12-13H,3-6,8-9H2,1-2H3/t12-,13+/m0/s1. The van der Waals surface area contributed by atoms with Gasteiger partial charge in [-0.25, -0.2) is 13.2 Å². The lowest BCUT2D eigenvalue weighted by atomic mass is 10.0. The van der Waals surface area contributed by atoms with E-state index in [1.807, 2.05) is 0 Å². The molecule has 26 heavy (non-hydrogen) atoms. The second kappa shape index (κ2) is 5.97. The fourth-order valence-corrected chi connectivity index (χ4v) is 5.78. The summed E-state index contributed by atoms with van der Waals surface area (Å²) in [7, 11) is -0.0538. The number of hydrogen-bond donors (Lipinski definition) is 0. The number of piperazine rings is 1. The Hall–Kier alpha value is -2.10. The van der Waals surface area contributed by atoms with Crippen LogP contribution < -0.4 is 0 Å². The first-order valence-electron chi connectivity index (χ1n) is 8.73. The van der Waals surface area contributed by atoms with Crippen molar-refractivity contribution in [3.05, 3.63) is 17.5 Å². The summed E-state index contributed by atoms with van der Waals surface area (Å²) in [6.07, 6.45) is 2.08. The molecule has 3 aliphatic rings. The third-order valence-corrected chi connectivity index (χ3v) is 6.99. The Morgan fingerprint density at radius 3 is 2.38 bits per heavy atom. The number of amides is 3. The molecule has 4 rings (SSSR count). The predicted octanol–water partition coefficient (Wildman–Crippen LogP) is 0.157. The number of rotatable bonds is 2. The number of sulfone groups is 1. The van der Waals surface area contributed by atoms with Gasteiger partial charge in [-0.2, -0.15) is 0 Å². The Bertz CT molecular complexity index is 845. The first kappa shape index (κ1) is 17.3. The molecule has 1 aromatic heterocycles. The summed E-state index contributed by atoms with van der Waals surface area (Å²) in [5, 5.41) is 3.88. The molecule has 3 fully saturated rings. The van der Waals surface area contributed by atoms with Crippen LogP contribution in [-0.2, 0) is 9.84 Å². The van der Waals surface area contributed by atoms with Crippen LogP contribution in [0.15, 0.2) is 10.6 Å². The molecule has 0 spiro atoms. The lowest BCUT2D eigenvalue weighted by molar-refractivity contribution is 0.0385. The van der Waals surface area contributed by atoms with E-state index in [0.717, 1.165) is 12.8 Å². The maximum Gasteiger partial charge on any atom is 0.319 e. The zero-order chi connectivity index (χ0) is 18.6. The van der Waals surface area contributed by atoms with Crippen LogP contribution in [0.4, 0.5) is 4.79 Å². The number of hydrogen-bond acceptors (Lipinski definition) is 6. The predicted molar refractivity (Wildman–Crippen MR) is 91.5 cm³/mol. The molecule has 1 aromatic rings. The van der Waals surface area contributed by atoms with Crippen molar-refractivity contribution in [1.82, 2.24) is 19.9 Å². The van der Waals surface area contributed by atoms with Gasteiger partial charge in [-0.3, -0.25) is 4.79 Å². The highest BCUT2D eigenvalue weighted by Gasteiger charge is 2.50. The summed E-state index contributed by atoms with van der Waals surface area (Å²) in [5.41, 5.74) is 0.210. The van der Waals surface area contributed by atoms with Gasteiger partial charge in [-0.1, -0.05) is 5.16 Å². The Labute approximate surface area is 151 Å². The summed E-state index contributed by atoms with van der Waals surface area (Å²) >= 11 is 0. The molecule has 142 valence electrons. The third-order valence-electron chi connectivity index (χ3n) is 5.29. The van der Waals surface area contributed by atoms with E-state index >= 15 is 0 Å². The molecule has 2 aliphatic heterocycles. The van der Waals surface area contributed by atoms with E-state index in [1.54, 1.807) is 30.0 Å². The van der Waals surface area contributed by atoms with Gasteiger partial charge in [-0.15, -0.1) is 0 Å². The summed E-state index contributed by atoms with van der Waals surface area (Å²) in [5.74, 6) is 0.481. The molecule has 1 saturated carbocycles. The Morgan fingerprint density at radius 1 is 1.15 bits per heavy atom. The minimum Gasteiger partial charge on any atom is -0.360 e. The van der Waals surface area contributed by atoms with E-state index in [1.165, 1.54) is 4.90 Å². The van der Waals surface area contributed by atoms with Gasteiger partial charge in [0.2, 0.25) is 0 Å². The monoisotopic (exact) mass is 382 g/mol. The molecule has 2 atom stereocenters. The summed E-state index contributed by atoms with van der Waals surface area (Å²) in [6.45, 7) is 0.577. The SMILES string of the molecule is CN(C)C(=O)N1CCN(C(=O)c2cc(C3CC3)on2)[C@H]2CS(=O)(=O)C[C@H]21. The fraction of sp³-hybridized carbons (Fsp3) is 0.688. The summed E-state index contributed by atoms with van der Waals surface area (Å²) < 4.78 is 29.7. The van der Waals surface area contributed by atoms with Crippen LogP contribution in [0.25, 0.3) is 0 Å². The quantitative estimate of drug-likeness (QED) is 0.722. The van der Waals surface area contributed by atoms with Crippen LogP contribution >= 0.6 is 0 Å². The highest BCUT2D eigenvalue weighted by molar-refractivity contribution is 7.91. The molecule has 0 unspecified atom stereocenters. The van der Waals surface area contributed by atoms with Crippen molar-refractivity contribution in [2.24, 2.45) is 0 Å². The molecule has 1 aliphatic carbocycles. The number of aromatic nitrogens is 1. The lowest BCUT2D eigenvalue weighted by Crippen LogP contribution is -2.63. The number of fused-ring (bicyclic) bond motifs is 1. The van der Waals surface area contributed by atoms with Gasteiger partial charge < -0.3 is 19.2 Å². The largest absolute Gasteiger partial charge is 0.360 e. The van der Waals surface area contributed by atoms with Gasteiger partial charge in [0.1, 0.15) is 5.76 Å². The molecule has 0 aromatic carbocycles. The molecule has 0 bridgehead atoms. The second-order valence-corrected chi connectivity index (χ2v) is 9.62. The van der Waals surface area contributed by atoms with Crippen molar-refractivity contribution < 1.29 is 22.5 Å². The van der Waals surface area contributed by atoms with Gasteiger partial charge >= 0.3 is 6.03 Å². The van der Waals surface area contributed by atoms with E-state index in [-0.39, 0.29) is 35.7 Å². The average molecular weight is 382 g/mol. The van der Waals surface area contributed by atoms with Crippen LogP contribution in [0.5, 0.6) is 0 Å². The Morgan fingerprint density at radius 2 is 1.77 bits per heavy atom. The van der Waals surface area contributed by atoms with Gasteiger partial charge in [0.25, 0.3) is 5.91 Å². The second-order valence-electron chi connectivity index (χ2n) is 7.47. The number of carbonyl (C=O) groups is 2. The minimum atomic E-state index is -3.32. The zero-order valence-electron chi connectivity index (χ0n) is 14.8. The molecular formula is C16H22N4O5S. The van der Waals surface area contributed by atoms with Crippen LogP contribution in [0.3, 0.4) is 0 Å². The van der Waals surface area contributed by atoms with E-state index < -0.39 is 21.9 Å². The highest BCUT2D eigenvalue weighted by atomic mass is 32.2. The Kier molecular flexibility index (Phi) is 3.98. The molecular weight excluding hydrogens is 360 g/mol. The molecule has 2 saturated heterocycles. The van der Waals surface area contributed by atoms with Crippen LogP contribution in [0, 0.1) is 0 Å². The summed E-state index contributed by atoms with van der Waals surface area (Å²) in [6, 6.07) is 0.353. The van der Waals surface area contributed by atoms with Crippen LogP contribution in [-0.4, -0.2) is 91.0 Å². The molecule has 0 radical (unpaired) electrons. The molecule has 3 amide bonds. The van der Waals surface area contributed by atoms with Crippen LogP contribution in [0.2, 0.25) is 0 Å². The number of urea groups is 1. The van der Waals surface area contributed by atoms with Crippen molar-refractivity contribution in [1.29, 1.82) is 0 Å². The molecule has 0 N–H and O–H groups in total. The zero-order valence-corrected chi connectivity index (χ0v) is 15.6. The van der Waals surface area contributed by atoms with Gasteiger partial charge in [0.05, 0.1) is 23.6 Å². The summed E-state index contributed by atoms with van der Waals surface area (Å²) in [4.78, 5) is 29.9. The van der Waals surface area contributed by atoms with E-state index in [0.29, 0.717) is 18.2 Å². The maximum absolute atomic E-state index is 12.9. The maximum atomic E-state index is 12.9. The first-order valence-corrected chi connectivity index (χ1v) is 10.5. The fourth-order valence-electron chi connectivity index (χ4n) is 3.80. The Balaban J connectivity index is 1.59. The smallest absolute Gasteiger partial charge is 0.319 e. The van der Waals surface area contributed by atoms with Gasteiger partial charge in [-0.05, 0) is 12.8 Å². The van der Waals surface area contributed by atoms with Crippen molar-refractivity contribution >= 4 is 21.8 Å². The van der Waals surface area contributed by atoms with E-state index in [2.05, 4.69) is 5.16 Å². The third kappa shape index (κ3) is 2.95. The lowest BCUT2D eigenvalue weighted by Gasteiger charge is -2.44. The van der Waals surface area contributed by atoms with Crippen molar-refractivity contribution in [3.8, 4) is 0 Å². The molecule has 3 heterocycles. The van der Waals surface area contributed by atoms with Crippen molar-refractivity contribution in [2.75, 3.05) is 38.7 Å².